The number of hydrogen-bond donors (Lipinski definition) is 1. The highest BCUT2D eigenvalue weighted by Gasteiger charge is 2.32. The Bertz CT molecular complexity index is 1730. The fraction of sp³-hybridized carbons (Fsp3) is 0.464. The number of halogens is 1. The number of nitrogens with one attached hydrogen (secondary N) is 1. The normalized spacial score (nSPS) is 18.7. The number of piperidine rings is 1. The predicted molar refractivity (Wildman–Crippen MR) is 152 cm³/mol. The second-order valence-electron chi connectivity index (χ2n) is 10.4. The molecule has 1 N–H and O–H groups in total. The molecule has 2 fully saturated rings. The van der Waals surface area contributed by atoms with Gasteiger partial charge in [-0.15, -0.1) is 4.80 Å². The molecule has 0 spiro atoms. The quantitative estimate of drug-likeness (QED) is 0.328. The van der Waals surface area contributed by atoms with E-state index in [0.29, 0.717) is 77.5 Å². The first kappa shape index (κ1) is 28.2. The molecule has 1 amide bonds. The van der Waals surface area contributed by atoms with Gasteiger partial charge in [0.25, 0.3) is 5.56 Å². The van der Waals surface area contributed by atoms with Crippen molar-refractivity contribution >= 4 is 27.5 Å². The Hall–Kier alpha value is -3.88. The van der Waals surface area contributed by atoms with Crippen LogP contribution in [-0.2, 0) is 20.8 Å². The van der Waals surface area contributed by atoms with E-state index < -0.39 is 29.2 Å². The van der Waals surface area contributed by atoms with Gasteiger partial charge in [0, 0.05) is 30.9 Å². The summed E-state index contributed by atoms with van der Waals surface area (Å²) in [6, 6.07) is 3.20. The van der Waals surface area contributed by atoms with Gasteiger partial charge in [0.15, 0.2) is 0 Å². The van der Waals surface area contributed by atoms with Gasteiger partial charge >= 0.3 is 5.69 Å². The number of rotatable bonds is 8. The number of nitrogens with zero attached hydrogens (tertiary/aromatic N) is 5. The first-order valence-electron chi connectivity index (χ1n) is 13.9. The maximum atomic E-state index is 14.6. The van der Waals surface area contributed by atoms with E-state index in [2.05, 4.69) is 15.5 Å². The fourth-order valence-electron chi connectivity index (χ4n) is 5.68. The molecule has 42 heavy (non-hydrogen) atoms. The molecule has 1 unspecified atom stereocenters. The zero-order valence-electron chi connectivity index (χ0n) is 23.2. The predicted octanol–water partition coefficient (Wildman–Crippen LogP) is 2.65. The molecule has 4 aromatic rings. The van der Waals surface area contributed by atoms with Gasteiger partial charge in [-0.2, -0.15) is 10.2 Å². The number of fused-ring (bicyclic) bond motifs is 1. The molecule has 2 aliphatic heterocycles. The molecular formula is C28H31FN6O6S. The third-order valence-electron chi connectivity index (χ3n) is 7.80. The molecule has 5 heterocycles. The van der Waals surface area contributed by atoms with Gasteiger partial charge in [-0.1, -0.05) is 11.3 Å². The van der Waals surface area contributed by atoms with Crippen LogP contribution in [0.5, 0.6) is 5.75 Å². The number of benzene rings is 1. The number of methoxy groups -OCH3 is 1. The second kappa shape index (κ2) is 11.8. The van der Waals surface area contributed by atoms with E-state index in [4.69, 9.17) is 14.2 Å². The highest BCUT2D eigenvalue weighted by Crippen LogP contribution is 2.35. The monoisotopic (exact) mass is 598 g/mol. The summed E-state index contributed by atoms with van der Waals surface area (Å²) in [5.74, 6) is -0.455. The average Bonchev–Trinajstić information content (AvgIpc) is 3.64. The molecule has 12 nitrogen and oxygen atoms in total. The molecule has 2 atom stereocenters. The SMILES string of the molecule is COc1ccc(F)cc1[C@H](Cn1c(=O)n(C2CCCNC2=O)c(=O)c2c(C)c(-n3nccn3)sc21)OC1CCOCC1. The van der Waals surface area contributed by atoms with Crippen molar-refractivity contribution in [3.63, 3.8) is 0 Å². The number of carbonyl (C=O) groups excluding carboxylic acids is 1. The van der Waals surface area contributed by atoms with Gasteiger partial charge < -0.3 is 19.5 Å². The van der Waals surface area contributed by atoms with Crippen LogP contribution < -0.4 is 21.3 Å². The Morgan fingerprint density at radius 3 is 2.64 bits per heavy atom. The van der Waals surface area contributed by atoms with Crippen molar-refractivity contribution in [2.45, 2.75) is 57.4 Å². The molecule has 0 bridgehead atoms. The first-order chi connectivity index (χ1) is 20.4. The largest absolute Gasteiger partial charge is 0.496 e. The van der Waals surface area contributed by atoms with Crippen LogP contribution in [0.1, 0.15) is 49.0 Å². The fourth-order valence-corrected chi connectivity index (χ4v) is 6.90. The summed E-state index contributed by atoms with van der Waals surface area (Å²) in [7, 11) is 1.49. The minimum absolute atomic E-state index is 0.0624. The highest BCUT2D eigenvalue weighted by molar-refractivity contribution is 7.21. The molecule has 0 radical (unpaired) electrons. The van der Waals surface area contributed by atoms with E-state index in [-0.39, 0.29) is 18.6 Å². The van der Waals surface area contributed by atoms with Crippen molar-refractivity contribution in [3.8, 4) is 10.8 Å². The van der Waals surface area contributed by atoms with Crippen molar-refractivity contribution in [1.29, 1.82) is 0 Å². The Kier molecular flexibility index (Phi) is 7.92. The van der Waals surface area contributed by atoms with Crippen LogP contribution in [0.4, 0.5) is 4.39 Å². The number of ether oxygens (including phenoxy) is 3. The molecule has 222 valence electrons. The van der Waals surface area contributed by atoms with Crippen LogP contribution in [0.25, 0.3) is 15.2 Å². The minimum Gasteiger partial charge on any atom is -0.496 e. The Balaban J connectivity index is 1.57. The van der Waals surface area contributed by atoms with E-state index in [1.54, 1.807) is 6.92 Å². The van der Waals surface area contributed by atoms with Crippen molar-refractivity contribution in [2.24, 2.45) is 0 Å². The van der Waals surface area contributed by atoms with Crippen LogP contribution in [0.3, 0.4) is 0 Å². The molecule has 0 aliphatic carbocycles. The number of aryl methyl sites for hydroxylation is 1. The van der Waals surface area contributed by atoms with E-state index in [1.807, 2.05) is 0 Å². The lowest BCUT2D eigenvalue weighted by Crippen LogP contribution is -2.49. The summed E-state index contributed by atoms with van der Waals surface area (Å²) in [5, 5.41) is 12.1. The van der Waals surface area contributed by atoms with Crippen molar-refractivity contribution in [3.05, 3.63) is 68.4 Å². The lowest BCUT2D eigenvalue weighted by Gasteiger charge is -2.30. The lowest BCUT2D eigenvalue weighted by molar-refractivity contribution is -0.126. The number of hydrogen-bond acceptors (Lipinski definition) is 9. The molecule has 1 aromatic carbocycles. The summed E-state index contributed by atoms with van der Waals surface area (Å²) in [5.41, 5.74) is -0.183. The van der Waals surface area contributed by atoms with E-state index >= 15 is 0 Å². The van der Waals surface area contributed by atoms with Crippen LogP contribution in [0.15, 0.2) is 40.2 Å². The van der Waals surface area contributed by atoms with E-state index in [0.717, 1.165) is 4.57 Å². The molecule has 2 aliphatic rings. The smallest absolute Gasteiger partial charge is 0.332 e. The number of aromatic nitrogens is 5. The van der Waals surface area contributed by atoms with E-state index in [1.165, 1.54) is 58.4 Å². The van der Waals surface area contributed by atoms with Crippen molar-refractivity contribution in [1.82, 2.24) is 29.4 Å². The van der Waals surface area contributed by atoms with Crippen LogP contribution in [0, 0.1) is 12.7 Å². The Morgan fingerprint density at radius 2 is 1.93 bits per heavy atom. The number of thiophene rings is 1. The summed E-state index contributed by atoms with van der Waals surface area (Å²) in [6.07, 6.45) is 4.27. The number of carbonyl (C=O) groups is 1. The summed E-state index contributed by atoms with van der Waals surface area (Å²) < 4.78 is 34.7. The third-order valence-corrected chi connectivity index (χ3v) is 9.08. The van der Waals surface area contributed by atoms with Gasteiger partial charge in [0.05, 0.1) is 37.5 Å². The maximum absolute atomic E-state index is 14.6. The van der Waals surface area contributed by atoms with Crippen LogP contribution >= 0.6 is 11.3 Å². The van der Waals surface area contributed by atoms with Gasteiger partial charge in [0.2, 0.25) is 5.91 Å². The summed E-state index contributed by atoms with van der Waals surface area (Å²) in [6.45, 7) is 3.23. The molecule has 3 aromatic heterocycles. The van der Waals surface area contributed by atoms with Gasteiger partial charge in [0.1, 0.15) is 33.5 Å². The molecule has 2 saturated heterocycles. The Morgan fingerprint density at radius 1 is 1.17 bits per heavy atom. The van der Waals surface area contributed by atoms with Crippen LogP contribution in [-0.4, -0.2) is 63.0 Å². The summed E-state index contributed by atoms with van der Waals surface area (Å²) in [4.78, 5) is 43.0. The van der Waals surface area contributed by atoms with Crippen molar-refractivity contribution < 1.29 is 23.4 Å². The zero-order valence-corrected chi connectivity index (χ0v) is 24.1. The first-order valence-corrected chi connectivity index (χ1v) is 14.7. The topological polar surface area (TPSA) is 132 Å². The highest BCUT2D eigenvalue weighted by atomic mass is 32.1. The van der Waals surface area contributed by atoms with Crippen LogP contribution in [0.2, 0.25) is 0 Å². The molecule has 0 saturated carbocycles. The zero-order chi connectivity index (χ0) is 29.4. The van der Waals surface area contributed by atoms with Gasteiger partial charge in [-0.25, -0.2) is 13.8 Å². The molecule has 14 heteroatoms. The standard InChI is InChI=1S/C28H31FN6O6S/c1-16-23-25(37)34(20-4-3-9-30-24(20)36)28(38)33(27(23)42-26(16)35-31-10-11-32-35)15-22(41-18-7-12-40-13-8-18)19-14-17(29)5-6-21(19)39-2/h5-6,10-11,14,18,20,22H,3-4,7-9,12-13,15H2,1-2H3,(H,30,36)/t20?,22-/m0/s1. The molecular weight excluding hydrogens is 567 g/mol. The van der Waals surface area contributed by atoms with Gasteiger partial charge in [-0.3, -0.25) is 14.2 Å². The van der Waals surface area contributed by atoms with Crippen molar-refractivity contribution in [2.75, 3.05) is 26.9 Å². The lowest BCUT2D eigenvalue weighted by atomic mass is 10.1. The average molecular weight is 599 g/mol. The summed E-state index contributed by atoms with van der Waals surface area (Å²) >= 11 is 1.20. The maximum Gasteiger partial charge on any atom is 0.332 e. The van der Waals surface area contributed by atoms with E-state index in [9.17, 15) is 18.8 Å². The Labute approximate surface area is 243 Å². The molecule has 6 rings (SSSR count). The second-order valence-corrected chi connectivity index (χ2v) is 11.3. The third kappa shape index (κ3) is 5.14. The number of amides is 1. The minimum atomic E-state index is -0.960. The van der Waals surface area contributed by atoms with Gasteiger partial charge in [-0.05, 0) is 50.8 Å².